The number of halogens is 1. The van der Waals surface area contributed by atoms with E-state index in [0.717, 1.165) is 48.0 Å². The summed E-state index contributed by atoms with van der Waals surface area (Å²) in [5.41, 5.74) is 2.29. The van der Waals surface area contributed by atoms with E-state index in [9.17, 15) is 0 Å². The highest BCUT2D eigenvalue weighted by atomic mass is 35.5. The third kappa shape index (κ3) is 4.48. The Labute approximate surface area is 132 Å². The molecule has 2 rings (SSSR count). The summed E-state index contributed by atoms with van der Waals surface area (Å²) in [6.45, 7) is 6.03. The van der Waals surface area contributed by atoms with Crippen molar-refractivity contribution in [3.05, 3.63) is 58.6 Å². The van der Waals surface area contributed by atoms with Crippen molar-refractivity contribution in [1.29, 1.82) is 0 Å². The molecule has 0 amide bonds. The van der Waals surface area contributed by atoms with E-state index in [1.807, 2.05) is 36.4 Å². The normalized spacial score (nSPS) is 10.6. The summed E-state index contributed by atoms with van der Waals surface area (Å²) in [5.74, 6) is 1.78. The second kappa shape index (κ2) is 8.06. The Balaban J connectivity index is 2.22. The van der Waals surface area contributed by atoms with Gasteiger partial charge in [-0.3, -0.25) is 0 Å². The number of hydrogen-bond donors (Lipinski definition) is 1. The number of hydrogen-bond acceptors (Lipinski definition) is 2. The van der Waals surface area contributed by atoms with Gasteiger partial charge in [-0.05, 0) is 49.2 Å². The Hall–Kier alpha value is -1.51. The smallest absolute Gasteiger partial charge is 0.132 e. The van der Waals surface area contributed by atoms with Crippen LogP contribution in [0.4, 0.5) is 0 Å². The molecular weight excluding hydrogens is 282 g/mol. The van der Waals surface area contributed by atoms with Gasteiger partial charge >= 0.3 is 0 Å². The van der Waals surface area contributed by atoms with Crippen molar-refractivity contribution in [2.75, 3.05) is 6.54 Å². The molecule has 0 atom stereocenters. The fourth-order valence-electron chi connectivity index (χ4n) is 2.20. The fourth-order valence-corrected chi connectivity index (χ4v) is 2.39. The predicted octanol–water partition coefficient (Wildman–Crippen LogP) is 5.19. The first-order valence-corrected chi connectivity index (χ1v) is 7.87. The fraction of sp³-hybridized carbons (Fsp3) is 0.333. The van der Waals surface area contributed by atoms with Crippen LogP contribution in [0.25, 0.3) is 0 Å². The molecule has 0 unspecified atom stereocenters. The lowest BCUT2D eigenvalue weighted by molar-refractivity contribution is 0.467. The highest BCUT2D eigenvalue weighted by Gasteiger charge is 2.08. The Morgan fingerprint density at radius 1 is 1.00 bits per heavy atom. The van der Waals surface area contributed by atoms with Gasteiger partial charge in [0.05, 0.1) is 0 Å². The molecule has 1 N–H and O–H groups in total. The van der Waals surface area contributed by atoms with Gasteiger partial charge in [-0.1, -0.05) is 43.6 Å². The van der Waals surface area contributed by atoms with Crippen molar-refractivity contribution < 1.29 is 4.74 Å². The number of para-hydroxylation sites is 1. The zero-order valence-electron chi connectivity index (χ0n) is 12.7. The second-order valence-electron chi connectivity index (χ2n) is 4.99. The topological polar surface area (TPSA) is 21.3 Å². The van der Waals surface area contributed by atoms with E-state index in [1.54, 1.807) is 0 Å². The van der Waals surface area contributed by atoms with Gasteiger partial charge in [0.1, 0.15) is 11.5 Å². The molecule has 2 nitrogen and oxygen atoms in total. The number of ether oxygens (including phenoxy) is 1. The second-order valence-corrected chi connectivity index (χ2v) is 5.43. The summed E-state index contributed by atoms with van der Waals surface area (Å²) in [4.78, 5) is 0. The Morgan fingerprint density at radius 3 is 2.52 bits per heavy atom. The first-order valence-electron chi connectivity index (χ1n) is 7.49. The van der Waals surface area contributed by atoms with Crippen molar-refractivity contribution in [2.45, 2.75) is 33.2 Å². The van der Waals surface area contributed by atoms with Crippen LogP contribution in [0.2, 0.25) is 5.02 Å². The monoisotopic (exact) mass is 303 g/mol. The lowest BCUT2D eigenvalue weighted by Gasteiger charge is -2.14. The van der Waals surface area contributed by atoms with E-state index in [-0.39, 0.29) is 0 Å². The minimum Gasteiger partial charge on any atom is -0.457 e. The lowest BCUT2D eigenvalue weighted by Crippen LogP contribution is -2.14. The summed E-state index contributed by atoms with van der Waals surface area (Å²) in [6, 6.07) is 13.9. The molecule has 0 saturated heterocycles. The van der Waals surface area contributed by atoms with Crippen LogP contribution in [0.3, 0.4) is 0 Å². The van der Waals surface area contributed by atoms with Gasteiger partial charge in [-0.15, -0.1) is 0 Å². The Bertz CT molecular complexity index is 583. The third-order valence-electron chi connectivity index (χ3n) is 3.34. The van der Waals surface area contributed by atoms with Crippen LogP contribution in [-0.4, -0.2) is 6.54 Å². The molecule has 0 spiro atoms. The van der Waals surface area contributed by atoms with Crippen LogP contribution in [0.1, 0.15) is 31.4 Å². The molecule has 0 heterocycles. The molecule has 3 heteroatoms. The van der Waals surface area contributed by atoms with Gasteiger partial charge in [0.15, 0.2) is 0 Å². The SMILES string of the molecule is CCCNCc1cc(Cl)ccc1Oc1ccccc1CC. The molecule has 112 valence electrons. The Kier molecular flexibility index (Phi) is 6.09. The molecule has 2 aromatic carbocycles. The van der Waals surface area contributed by atoms with Crippen molar-refractivity contribution >= 4 is 11.6 Å². The Morgan fingerprint density at radius 2 is 1.76 bits per heavy atom. The maximum absolute atomic E-state index is 6.12. The van der Waals surface area contributed by atoms with Crippen molar-refractivity contribution in [3.63, 3.8) is 0 Å². The van der Waals surface area contributed by atoms with Gasteiger partial charge in [-0.25, -0.2) is 0 Å². The quantitative estimate of drug-likeness (QED) is 0.710. The van der Waals surface area contributed by atoms with Gasteiger partial charge in [0, 0.05) is 17.1 Å². The van der Waals surface area contributed by atoms with Gasteiger partial charge in [0.25, 0.3) is 0 Å². The molecule has 0 aliphatic carbocycles. The highest BCUT2D eigenvalue weighted by Crippen LogP contribution is 2.30. The highest BCUT2D eigenvalue weighted by molar-refractivity contribution is 6.30. The first-order chi connectivity index (χ1) is 10.2. The minimum atomic E-state index is 0.736. The molecule has 0 radical (unpaired) electrons. The van der Waals surface area contributed by atoms with Gasteiger partial charge in [-0.2, -0.15) is 0 Å². The van der Waals surface area contributed by atoms with Crippen LogP contribution in [0.15, 0.2) is 42.5 Å². The van der Waals surface area contributed by atoms with Crippen LogP contribution in [0.5, 0.6) is 11.5 Å². The number of aryl methyl sites for hydroxylation is 1. The van der Waals surface area contributed by atoms with Crippen LogP contribution >= 0.6 is 11.6 Å². The van der Waals surface area contributed by atoms with Crippen molar-refractivity contribution in [1.82, 2.24) is 5.32 Å². The van der Waals surface area contributed by atoms with Crippen molar-refractivity contribution in [3.8, 4) is 11.5 Å². The largest absolute Gasteiger partial charge is 0.457 e. The van der Waals surface area contributed by atoms with Crippen LogP contribution < -0.4 is 10.1 Å². The maximum atomic E-state index is 6.12. The summed E-state index contributed by atoms with van der Waals surface area (Å²) in [5, 5.41) is 4.13. The number of rotatable bonds is 7. The summed E-state index contributed by atoms with van der Waals surface area (Å²) in [7, 11) is 0. The third-order valence-corrected chi connectivity index (χ3v) is 3.57. The lowest BCUT2D eigenvalue weighted by atomic mass is 10.1. The maximum Gasteiger partial charge on any atom is 0.132 e. The zero-order chi connectivity index (χ0) is 15.1. The van der Waals surface area contributed by atoms with Gasteiger partial charge in [0.2, 0.25) is 0 Å². The standard InChI is InChI=1S/C18H22ClNO/c1-3-11-20-13-15-12-16(19)9-10-18(15)21-17-8-6-5-7-14(17)4-2/h5-10,12,20H,3-4,11,13H2,1-2H3. The van der Waals surface area contributed by atoms with E-state index in [2.05, 4.69) is 25.2 Å². The van der Waals surface area contributed by atoms with E-state index in [0.29, 0.717) is 0 Å². The van der Waals surface area contributed by atoms with E-state index < -0.39 is 0 Å². The molecule has 0 bridgehead atoms. The van der Waals surface area contributed by atoms with Gasteiger partial charge < -0.3 is 10.1 Å². The van der Waals surface area contributed by atoms with E-state index in [4.69, 9.17) is 16.3 Å². The molecule has 0 aliphatic rings. The molecule has 0 aromatic heterocycles. The summed E-state index contributed by atoms with van der Waals surface area (Å²) >= 11 is 6.11. The average molecular weight is 304 g/mol. The minimum absolute atomic E-state index is 0.736. The summed E-state index contributed by atoms with van der Waals surface area (Å²) in [6.07, 6.45) is 2.06. The molecular formula is C18H22ClNO. The first kappa shape index (κ1) is 15.9. The average Bonchev–Trinajstić information content (AvgIpc) is 2.50. The molecule has 0 fully saturated rings. The zero-order valence-corrected chi connectivity index (χ0v) is 13.4. The molecule has 0 saturated carbocycles. The number of nitrogens with one attached hydrogen (secondary N) is 1. The van der Waals surface area contributed by atoms with E-state index >= 15 is 0 Å². The molecule has 0 aliphatic heterocycles. The predicted molar refractivity (Wildman–Crippen MR) is 89.3 cm³/mol. The van der Waals surface area contributed by atoms with E-state index in [1.165, 1.54) is 5.56 Å². The molecule has 21 heavy (non-hydrogen) atoms. The summed E-state index contributed by atoms with van der Waals surface area (Å²) < 4.78 is 6.12. The molecule has 2 aromatic rings. The van der Waals surface area contributed by atoms with Crippen molar-refractivity contribution in [2.24, 2.45) is 0 Å². The van der Waals surface area contributed by atoms with Crippen LogP contribution in [-0.2, 0) is 13.0 Å². The van der Waals surface area contributed by atoms with Crippen LogP contribution in [0, 0.1) is 0 Å². The number of benzene rings is 2.